The highest BCUT2D eigenvalue weighted by atomic mass is 16.6. The van der Waals surface area contributed by atoms with Gasteiger partial charge in [0.15, 0.2) is 0 Å². The smallest absolute Gasteiger partial charge is 0.273 e. The number of benzene rings is 2. The molecule has 2 aromatic carbocycles. The Balaban J connectivity index is 2.05. The molecule has 6 heteroatoms. The highest BCUT2D eigenvalue weighted by Gasteiger charge is 2.17. The summed E-state index contributed by atoms with van der Waals surface area (Å²) in [7, 11) is 1.65. The van der Waals surface area contributed by atoms with Crippen molar-refractivity contribution in [3.05, 3.63) is 75.3 Å². The molecule has 2 rings (SSSR count). The molecule has 0 radical (unpaired) electrons. The Morgan fingerprint density at radius 2 is 1.87 bits per heavy atom. The SMILES string of the molecule is CN(Cc1ccc(C#N)cc1)C(=O)Cc1ccccc1[N+](=O)[O-]. The van der Waals surface area contributed by atoms with Gasteiger partial charge in [-0.15, -0.1) is 0 Å². The van der Waals surface area contributed by atoms with E-state index in [1.807, 2.05) is 6.07 Å². The zero-order valence-electron chi connectivity index (χ0n) is 12.6. The fourth-order valence-electron chi connectivity index (χ4n) is 2.18. The average Bonchev–Trinajstić information content (AvgIpc) is 2.55. The molecule has 0 aliphatic rings. The number of hydrogen-bond donors (Lipinski definition) is 0. The molecule has 0 saturated carbocycles. The number of nitro groups is 1. The maximum absolute atomic E-state index is 12.3. The third kappa shape index (κ3) is 4.14. The van der Waals surface area contributed by atoms with Crippen LogP contribution in [0.2, 0.25) is 0 Å². The van der Waals surface area contributed by atoms with Gasteiger partial charge in [0.25, 0.3) is 5.69 Å². The number of likely N-dealkylation sites (N-methyl/N-ethyl adjacent to an activating group) is 1. The van der Waals surface area contributed by atoms with Crippen LogP contribution in [-0.2, 0) is 17.8 Å². The van der Waals surface area contributed by atoms with Gasteiger partial charge in [-0.3, -0.25) is 14.9 Å². The van der Waals surface area contributed by atoms with E-state index < -0.39 is 4.92 Å². The summed E-state index contributed by atoms with van der Waals surface area (Å²) in [6, 6.07) is 15.2. The van der Waals surface area contributed by atoms with Crippen molar-refractivity contribution >= 4 is 11.6 Å². The monoisotopic (exact) mass is 309 g/mol. The zero-order chi connectivity index (χ0) is 16.8. The fourth-order valence-corrected chi connectivity index (χ4v) is 2.18. The van der Waals surface area contributed by atoms with Gasteiger partial charge < -0.3 is 4.90 Å². The van der Waals surface area contributed by atoms with E-state index in [0.29, 0.717) is 17.7 Å². The van der Waals surface area contributed by atoms with E-state index in [4.69, 9.17) is 5.26 Å². The first-order valence-electron chi connectivity index (χ1n) is 6.96. The second-order valence-corrected chi connectivity index (χ2v) is 5.12. The maximum Gasteiger partial charge on any atom is 0.273 e. The number of nitro benzene ring substituents is 1. The van der Waals surface area contributed by atoms with Crippen LogP contribution in [0.4, 0.5) is 5.69 Å². The maximum atomic E-state index is 12.3. The summed E-state index contributed by atoms with van der Waals surface area (Å²) in [5.41, 5.74) is 1.80. The van der Waals surface area contributed by atoms with Crippen LogP contribution in [0, 0.1) is 21.4 Å². The molecule has 0 aromatic heterocycles. The third-order valence-corrected chi connectivity index (χ3v) is 3.46. The number of hydrogen-bond acceptors (Lipinski definition) is 4. The molecule has 116 valence electrons. The van der Waals surface area contributed by atoms with Gasteiger partial charge in [0, 0.05) is 25.2 Å². The molecule has 0 atom stereocenters. The third-order valence-electron chi connectivity index (χ3n) is 3.46. The second-order valence-electron chi connectivity index (χ2n) is 5.12. The molecule has 0 unspecified atom stereocenters. The highest BCUT2D eigenvalue weighted by Crippen LogP contribution is 2.19. The van der Waals surface area contributed by atoms with Crippen LogP contribution in [-0.4, -0.2) is 22.8 Å². The second kappa shape index (κ2) is 7.18. The topological polar surface area (TPSA) is 87.2 Å². The molecule has 0 aliphatic carbocycles. The van der Waals surface area contributed by atoms with Crippen LogP contribution >= 0.6 is 0 Å². The summed E-state index contributed by atoms with van der Waals surface area (Å²) in [6.45, 7) is 0.380. The van der Waals surface area contributed by atoms with Crippen molar-refractivity contribution in [3.8, 4) is 6.07 Å². The van der Waals surface area contributed by atoms with Crippen molar-refractivity contribution in [1.29, 1.82) is 5.26 Å². The largest absolute Gasteiger partial charge is 0.341 e. The molecule has 2 aromatic rings. The fraction of sp³-hybridized carbons (Fsp3) is 0.176. The van der Waals surface area contributed by atoms with Crippen LogP contribution in [0.1, 0.15) is 16.7 Å². The first-order chi connectivity index (χ1) is 11.0. The molecule has 6 nitrogen and oxygen atoms in total. The van der Waals surface area contributed by atoms with Crippen LogP contribution < -0.4 is 0 Å². The molecule has 1 amide bonds. The first kappa shape index (κ1) is 16.2. The Hall–Kier alpha value is -3.20. The summed E-state index contributed by atoms with van der Waals surface area (Å²) in [5, 5.41) is 19.7. The Morgan fingerprint density at radius 3 is 2.48 bits per heavy atom. The van der Waals surface area contributed by atoms with Gasteiger partial charge >= 0.3 is 0 Å². The number of nitrogens with zero attached hydrogens (tertiary/aromatic N) is 3. The van der Waals surface area contributed by atoms with Gasteiger partial charge in [-0.25, -0.2) is 0 Å². The first-order valence-corrected chi connectivity index (χ1v) is 6.96. The summed E-state index contributed by atoms with van der Waals surface area (Å²) in [5.74, 6) is -0.205. The molecule has 0 aliphatic heterocycles. The van der Waals surface area contributed by atoms with Gasteiger partial charge in [-0.1, -0.05) is 30.3 Å². The van der Waals surface area contributed by atoms with Crippen molar-refractivity contribution < 1.29 is 9.72 Å². The minimum atomic E-state index is -0.483. The van der Waals surface area contributed by atoms with E-state index in [2.05, 4.69) is 0 Å². The van der Waals surface area contributed by atoms with Gasteiger partial charge in [-0.2, -0.15) is 5.26 Å². The van der Waals surface area contributed by atoms with Crippen molar-refractivity contribution in [3.63, 3.8) is 0 Å². The molecule has 0 saturated heterocycles. The number of rotatable bonds is 5. The number of para-hydroxylation sites is 1. The Bertz CT molecular complexity index is 763. The summed E-state index contributed by atoms with van der Waals surface area (Å²) in [4.78, 5) is 24.3. The van der Waals surface area contributed by atoms with Gasteiger partial charge in [0.2, 0.25) is 5.91 Å². The Kier molecular flexibility index (Phi) is 5.05. The number of amides is 1. The molecule has 23 heavy (non-hydrogen) atoms. The number of carbonyl (C=O) groups excluding carboxylic acids is 1. The van der Waals surface area contributed by atoms with Crippen molar-refractivity contribution in [1.82, 2.24) is 4.90 Å². The van der Waals surface area contributed by atoms with Crippen LogP contribution in [0.3, 0.4) is 0 Å². The standard InChI is InChI=1S/C17H15N3O3/c1-19(12-14-8-6-13(11-18)7-9-14)17(21)10-15-4-2-3-5-16(15)20(22)23/h2-9H,10,12H2,1H3. The van der Waals surface area contributed by atoms with E-state index in [0.717, 1.165) is 5.56 Å². The predicted molar refractivity (Wildman–Crippen MR) is 84.4 cm³/mol. The summed E-state index contributed by atoms with van der Waals surface area (Å²) >= 11 is 0. The van der Waals surface area contributed by atoms with E-state index in [9.17, 15) is 14.9 Å². The van der Waals surface area contributed by atoms with E-state index in [1.54, 1.807) is 49.5 Å². The predicted octanol–water partition coefficient (Wildman–Crippen LogP) is 2.67. The highest BCUT2D eigenvalue weighted by molar-refractivity contribution is 5.79. The van der Waals surface area contributed by atoms with Crippen molar-refractivity contribution in [2.45, 2.75) is 13.0 Å². The van der Waals surface area contributed by atoms with Gasteiger partial charge in [-0.05, 0) is 17.7 Å². The molecule has 0 spiro atoms. The molecule has 0 fully saturated rings. The molecule has 0 heterocycles. The average molecular weight is 309 g/mol. The van der Waals surface area contributed by atoms with E-state index in [-0.39, 0.29) is 18.0 Å². The molecule has 0 bridgehead atoms. The summed E-state index contributed by atoms with van der Waals surface area (Å²) in [6.07, 6.45) is -0.0239. The van der Waals surface area contributed by atoms with Gasteiger partial charge in [0.1, 0.15) is 0 Å². The lowest BCUT2D eigenvalue weighted by Crippen LogP contribution is -2.27. The Labute approximate surface area is 133 Å². The van der Waals surface area contributed by atoms with Crippen LogP contribution in [0.15, 0.2) is 48.5 Å². The quantitative estimate of drug-likeness (QED) is 0.627. The van der Waals surface area contributed by atoms with Crippen LogP contribution in [0.5, 0.6) is 0 Å². The molecule has 0 N–H and O–H groups in total. The zero-order valence-corrected chi connectivity index (χ0v) is 12.6. The summed E-state index contributed by atoms with van der Waals surface area (Å²) < 4.78 is 0. The van der Waals surface area contributed by atoms with Crippen molar-refractivity contribution in [2.24, 2.45) is 0 Å². The normalized spacial score (nSPS) is 9.91. The number of nitriles is 1. The lowest BCUT2D eigenvalue weighted by atomic mass is 10.1. The minimum absolute atomic E-state index is 0.0239. The Morgan fingerprint density at radius 1 is 1.22 bits per heavy atom. The van der Waals surface area contributed by atoms with Crippen LogP contribution in [0.25, 0.3) is 0 Å². The molecular weight excluding hydrogens is 294 g/mol. The lowest BCUT2D eigenvalue weighted by Gasteiger charge is -2.17. The van der Waals surface area contributed by atoms with E-state index >= 15 is 0 Å². The minimum Gasteiger partial charge on any atom is -0.341 e. The molecular formula is C17H15N3O3. The van der Waals surface area contributed by atoms with Gasteiger partial charge in [0.05, 0.1) is 23.0 Å². The lowest BCUT2D eigenvalue weighted by molar-refractivity contribution is -0.385. The number of carbonyl (C=O) groups is 1. The van der Waals surface area contributed by atoms with Crippen molar-refractivity contribution in [2.75, 3.05) is 7.05 Å². The van der Waals surface area contributed by atoms with E-state index in [1.165, 1.54) is 11.0 Å².